The summed E-state index contributed by atoms with van der Waals surface area (Å²) in [4.78, 5) is 27.1. The first-order valence-electron chi connectivity index (χ1n) is 9.31. The summed E-state index contributed by atoms with van der Waals surface area (Å²) in [5.41, 5.74) is 0.458. The average molecular weight is 436 g/mol. The molecule has 8 nitrogen and oxygen atoms in total. The van der Waals surface area contributed by atoms with Crippen LogP contribution in [0.4, 0.5) is 5.69 Å². The lowest BCUT2D eigenvalue weighted by Gasteiger charge is -2.29. The molecule has 4 rings (SSSR count). The van der Waals surface area contributed by atoms with E-state index in [-0.39, 0.29) is 35.6 Å². The summed E-state index contributed by atoms with van der Waals surface area (Å²) < 4.78 is 32.4. The van der Waals surface area contributed by atoms with Crippen molar-refractivity contribution >= 4 is 39.3 Å². The summed E-state index contributed by atoms with van der Waals surface area (Å²) in [7, 11) is -3.61. The first-order valence-corrected chi connectivity index (χ1v) is 11.7. The maximum atomic E-state index is 12.9. The number of thioether (sulfide) groups is 1. The lowest BCUT2D eigenvalue weighted by molar-refractivity contribution is -0.123. The van der Waals surface area contributed by atoms with Gasteiger partial charge in [0.1, 0.15) is 12.3 Å². The summed E-state index contributed by atoms with van der Waals surface area (Å²) in [6, 6.07) is 8.26. The van der Waals surface area contributed by atoms with Gasteiger partial charge >= 0.3 is 0 Å². The minimum Gasteiger partial charge on any atom is -0.467 e. The SMILES string of the molecule is O=C(CN1C(=O)CSc2ccc(S(=O)(=O)N3CCCC3)cc21)NCc1ccco1. The highest BCUT2D eigenvalue weighted by Gasteiger charge is 2.31. The van der Waals surface area contributed by atoms with Crippen LogP contribution < -0.4 is 10.2 Å². The zero-order chi connectivity index (χ0) is 20.4. The van der Waals surface area contributed by atoms with E-state index in [2.05, 4.69) is 5.32 Å². The van der Waals surface area contributed by atoms with E-state index < -0.39 is 10.0 Å². The van der Waals surface area contributed by atoms with Crippen molar-refractivity contribution in [2.24, 2.45) is 0 Å². The number of benzene rings is 1. The van der Waals surface area contributed by atoms with Crippen molar-refractivity contribution in [2.75, 3.05) is 30.3 Å². The van der Waals surface area contributed by atoms with E-state index in [4.69, 9.17) is 4.42 Å². The largest absolute Gasteiger partial charge is 0.467 e. The maximum Gasteiger partial charge on any atom is 0.243 e. The zero-order valence-corrected chi connectivity index (χ0v) is 17.3. The van der Waals surface area contributed by atoms with Gasteiger partial charge in [-0.2, -0.15) is 4.31 Å². The highest BCUT2D eigenvalue weighted by Crippen LogP contribution is 2.37. The maximum absolute atomic E-state index is 12.9. The van der Waals surface area contributed by atoms with Gasteiger partial charge in [0.2, 0.25) is 21.8 Å². The Bertz CT molecular complexity index is 1010. The van der Waals surface area contributed by atoms with Gasteiger partial charge in [0.05, 0.1) is 29.1 Å². The van der Waals surface area contributed by atoms with Gasteiger partial charge in [0.25, 0.3) is 0 Å². The van der Waals surface area contributed by atoms with Gasteiger partial charge in [-0.15, -0.1) is 11.8 Å². The van der Waals surface area contributed by atoms with E-state index >= 15 is 0 Å². The van der Waals surface area contributed by atoms with Crippen molar-refractivity contribution in [2.45, 2.75) is 29.2 Å². The molecule has 1 N–H and O–H groups in total. The highest BCUT2D eigenvalue weighted by atomic mass is 32.2. The molecular formula is C19H21N3O5S2. The second-order valence-corrected chi connectivity index (χ2v) is 9.82. The number of nitrogens with zero attached hydrogens (tertiary/aromatic N) is 2. The summed E-state index contributed by atoms with van der Waals surface area (Å²) in [5.74, 6) is 0.237. The minimum atomic E-state index is -3.61. The Morgan fingerprint density at radius 1 is 1.21 bits per heavy atom. The first-order chi connectivity index (χ1) is 13.9. The number of furan rings is 1. The average Bonchev–Trinajstić information content (AvgIpc) is 3.42. The standard InChI is InChI=1S/C19H21N3O5S2/c23-18(20-11-14-4-3-9-27-14)12-22-16-10-15(5-6-17(16)28-13-19(22)24)29(25,26)21-7-1-2-8-21/h3-6,9-10H,1-2,7-8,11-13H2,(H,20,23). The molecule has 3 heterocycles. The number of amides is 2. The van der Waals surface area contributed by atoms with Crippen molar-refractivity contribution < 1.29 is 22.4 Å². The Hall–Kier alpha value is -2.30. The number of hydrogen-bond acceptors (Lipinski definition) is 6. The second kappa shape index (κ2) is 8.21. The van der Waals surface area contributed by atoms with Gasteiger partial charge in [0.15, 0.2) is 0 Å². The van der Waals surface area contributed by atoms with Crippen LogP contribution in [-0.2, 0) is 26.2 Å². The third-order valence-corrected chi connectivity index (χ3v) is 7.86. The zero-order valence-electron chi connectivity index (χ0n) is 15.7. The molecule has 0 radical (unpaired) electrons. The Kier molecular flexibility index (Phi) is 5.66. The molecule has 10 heteroatoms. The summed E-state index contributed by atoms with van der Waals surface area (Å²) in [6.07, 6.45) is 3.21. The predicted octanol–water partition coefficient (Wildman–Crippen LogP) is 1.82. The van der Waals surface area contributed by atoms with Crippen LogP contribution in [0, 0.1) is 0 Å². The van der Waals surface area contributed by atoms with Crippen LogP contribution in [0.2, 0.25) is 0 Å². The first kappa shape index (κ1) is 20.0. The van der Waals surface area contributed by atoms with Gasteiger partial charge < -0.3 is 14.6 Å². The number of carbonyl (C=O) groups excluding carboxylic acids is 2. The van der Waals surface area contributed by atoms with Crippen molar-refractivity contribution in [3.8, 4) is 0 Å². The number of sulfonamides is 1. The topological polar surface area (TPSA) is 99.9 Å². The molecule has 1 aromatic carbocycles. The van der Waals surface area contributed by atoms with Crippen LogP contribution in [-0.4, -0.2) is 49.9 Å². The Morgan fingerprint density at radius 3 is 2.72 bits per heavy atom. The molecule has 2 aliphatic heterocycles. The van der Waals surface area contributed by atoms with Gasteiger partial charge in [-0.1, -0.05) is 0 Å². The Morgan fingerprint density at radius 2 is 2.00 bits per heavy atom. The van der Waals surface area contributed by atoms with Gasteiger partial charge in [-0.25, -0.2) is 8.42 Å². The smallest absolute Gasteiger partial charge is 0.243 e. The quantitative estimate of drug-likeness (QED) is 0.743. The minimum absolute atomic E-state index is 0.148. The highest BCUT2D eigenvalue weighted by molar-refractivity contribution is 8.00. The normalized spacial score (nSPS) is 17.4. The number of carbonyl (C=O) groups is 2. The van der Waals surface area contributed by atoms with Crippen LogP contribution >= 0.6 is 11.8 Å². The molecule has 0 saturated carbocycles. The molecule has 1 aromatic heterocycles. The van der Waals surface area contributed by atoms with Gasteiger partial charge in [0, 0.05) is 18.0 Å². The monoisotopic (exact) mass is 435 g/mol. The molecule has 1 saturated heterocycles. The molecule has 0 unspecified atom stereocenters. The van der Waals surface area contributed by atoms with E-state index in [0.29, 0.717) is 24.5 Å². The molecule has 2 aromatic rings. The summed E-state index contributed by atoms with van der Waals surface area (Å²) in [6.45, 7) is 1.05. The third kappa shape index (κ3) is 4.19. The molecular weight excluding hydrogens is 414 g/mol. The van der Waals surface area contributed by atoms with E-state index in [1.807, 2.05) is 0 Å². The van der Waals surface area contributed by atoms with E-state index in [1.54, 1.807) is 24.3 Å². The molecule has 2 aliphatic rings. The van der Waals surface area contributed by atoms with Crippen LogP contribution in [0.25, 0.3) is 0 Å². The van der Waals surface area contributed by atoms with Crippen molar-refractivity contribution in [3.63, 3.8) is 0 Å². The van der Waals surface area contributed by atoms with E-state index in [9.17, 15) is 18.0 Å². The molecule has 0 aliphatic carbocycles. The summed E-state index contributed by atoms with van der Waals surface area (Å²) >= 11 is 1.34. The number of rotatable bonds is 6. The lowest BCUT2D eigenvalue weighted by atomic mass is 10.2. The van der Waals surface area contributed by atoms with Crippen LogP contribution in [0.3, 0.4) is 0 Å². The predicted molar refractivity (Wildman–Crippen MR) is 108 cm³/mol. The molecule has 0 spiro atoms. The summed E-state index contributed by atoms with van der Waals surface area (Å²) in [5, 5.41) is 2.71. The van der Waals surface area contributed by atoms with Crippen LogP contribution in [0.1, 0.15) is 18.6 Å². The van der Waals surface area contributed by atoms with E-state index in [1.165, 1.54) is 33.3 Å². The van der Waals surface area contributed by atoms with Gasteiger partial charge in [-0.3, -0.25) is 9.59 Å². The Labute approximate surface area is 173 Å². The number of hydrogen-bond donors (Lipinski definition) is 1. The van der Waals surface area contributed by atoms with Crippen molar-refractivity contribution in [1.29, 1.82) is 0 Å². The molecule has 1 fully saturated rings. The van der Waals surface area contributed by atoms with Crippen LogP contribution in [0.15, 0.2) is 50.8 Å². The molecule has 0 atom stereocenters. The Balaban J connectivity index is 1.55. The number of anilines is 1. The van der Waals surface area contributed by atoms with Gasteiger partial charge in [-0.05, 0) is 43.2 Å². The second-order valence-electron chi connectivity index (χ2n) is 6.87. The van der Waals surface area contributed by atoms with Crippen LogP contribution in [0.5, 0.6) is 0 Å². The lowest BCUT2D eigenvalue weighted by Crippen LogP contribution is -2.43. The molecule has 29 heavy (non-hydrogen) atoms. The van der Waals surface area contributed by atoms with Crippen molar-refractivity contribution in [3.05, 3.63) is 42.4 Å². The molecule has 154 valence electrons. The third-order valence-electron chi connectivity index (χ3n) is 4.92. The van der Waals surface area contributed by atoms with Crippen molar-refractivity contribution in [1.82, 2.24) is 9.62 Å². The molecule has 2 amide bonds. The fraction of sp³-hybridized carbons (Fsp3) is 0.368. The number of fused-ring (bicyclic) bond motifs is 1. The number of nitrogens with one attached hydrogen (secondary N) is 1. The fourth-order valence-electron chi connectivity index (χ4n) is 3.39. The molecule has 0 bridgehead atoms. The fourth-order valence-corrected chi connectivity index (χ4v) is 5.85. The van der Waals surface area contributed by atoms with E-state index in [0.717, 1.165) is 17.7 Å².